The predicted molar refractivity (Wildman–Crippen MR) is 84.9 cm³/mol. The van der Waals surface area contributed by atoms with E-state index < -0.39 is 0 Å². The third-order valence-electron chi connectivity index (χ3n) is 6.11. The minimum Gasteiger partial charge on any atom is -0.380 e. The van der Waals surface area contributed by atoms with E-state index >= 15 is 0 Å². The molecule has 0 saturated heterocycles. The average Bonchev–Trinajstić information content (AvgIpc) is 2.45. The van der Waals surface area contributed by atoms with Crippen LogP contribution in [0.15, 0.2) is 24.3 Å². The van der Waals surface area contributed by atoms with Crippen molar-refractivity contribution in [2.45, 2.75) is 57.2 Å². The SMILES string of the molecule is COCc1ccccc1CNC12CC3CC(CC(C3)C1)C2. The van der Waals surface area contributed by atoms with Gasteiger partial charge < -0.3 is 10.1 Å². The van der Waals surface area contributed by atoms with Gasteiger partial charge in [-0.1, -0.05) is 24.3 Å². The van der Waals surface area contributed by atoms with Crippen LogP contribution in [0.1, 0.15) is 49.7 Å². The molecule has 4 aliphatic rings. The maximum absolute atomic E-state index is 5.34. The summed E-state index contributed by atoms with van der Waals surface area (Å²) in [5, 5.41) is 3.99. The maximum Gasteiger partial charge on any atom is 0.0716 e. The summed E-state index contributed by atoms with van der Waals surface area (Å²) in [6.45, 7) is 1.73. The highest BCUT2D eigenvalue weighted by atomic mass is 16.5. The van der Waals surface area contributed by atoms with Crippen molar-refractivity contribution in [1.82, 2.24) is 5.32 Å². The second-order valence-corrected chi connectivity index (χ2v) is 7.75. The summed E-state index contributed by atoms with van der Waals surface area (Å²) in [5.74, 6) is 3.04. The van der Waals surface area contributed by atoms with E-state index in [0.29, 0.717) is 5.54 Å². The Balaban J connectivity index is 1.47. The van der Waals surface area contributed by atoms with Gasteiger partial charge in [0.15, 0.2) is 0 Å². The fourth-order valence-corrected chi connectivity index (χ4v) is 5.64. The molecular formula is C19H27NO. The van der Waals surface area contributed by atoms with E-state index in [9.17, 15) is 0 Å². The monoisotopic (exact) mass is 285 g/mol. The molecule has 0 unspecified atom stereocenters. The van der Waals surface area contributed by atoms with Crippen LogP contribution in [0.4, 0.5) is 0 Å². The zero-order chi connectivity index (χ0) is 14.3. The van der Waals surface area contributed by atoms with Crippen LogP contribution in [0.25, 0.3) is 0 Å². The van der Waals surface area contributed by atoms with Crippen molar-refractivity contribution in [1.29, 1.82) is 0 Å². The molecule has 0 aromatic heterocycles. The minimum atomic E-state index is 0.453. The highest BCUT2D eigenvalue weighted by Crippen LogP contribution is 2.55. The Bertz CT molecular complexity index is 475. The Morgan fingerprint density at radius 3 is 2.14 bits per heavy atom. The lowest BCUT2D eigenvalue weighted by Crippen LogP contribution is -2.58. The summed E-state index contributed by atoms with van der Waals surface area (Å²) in [6, 6.07) is 8.71. The second kappa shape index (κ2) is 5.40. The number of ether oxygens (including phenoxy) is 1. The summed E-state index contributed by atoms with van der Waals surface area (Å²) < 4.78 is 5.34. The standard InChI is InChI=1S/C19H27NO/c1-21-13-18-5-3-2-4-17(18)12-20-19-9-14-6-15(10-19)8-16(7-14)11-19/h2-5,14-16,20H,6-13H2,1H3. The van der Waals surface area contributed by atoms with Crippen molar-refractivity contribution in [3.05, 3.63) is 35.4 Å². The van der Waals surface area contributed by atoms with E-state index in [0.717, 1.165) is 30.9 Å². The molecule has 0 amide bonds. The van der Waals surface area contributed by atoms with Crippen molar-refractivity contribution in [2.24, 2.45) is 17.8 Å². The molecule has 1 aromatic carbocycles. The van der Waals surface area contributed by atoms with Crippen LogP contribution in [0.2, 0.25) is 0 Å². The van der Waals surface area contributed by atoms with Gasteiger partial charge in [0.25, 0.3) is 0 Å². The van der Waals surface area contributed by atoms with Crippen LogP contribution in [0.3, 0.4) is 0 Å². The molecule has 5 rings (SSSR count). The number of benzene rings is 1. The third-order valence-corrected chi connectivity index (χ3v) is 6.11. The van der Waals surface area contributed by atoms with Gasteiger partial charge in [-0.3, -0.25) is 0 Å². The van der Waals surface area contributed by atoms with Crippen molar-refractivity contribution in [2.75, 3.05) is 7.11 Å². The van der Waals surface area contributed by atoms with Crippen molar-refractivity contribution in [3.8, 4) is 0 Å². The van der Waals surface area contributed by atoms with Crippen molar-refractivity contribution >= 4 is 0 Å². The van der Waals surface area contributed by atoms with Gasteiger partial charge in [-0.2, -0.15) is 0 Å². The Morgan fingerprint density at radius 1 is 1.00 bits per heavy atom. The molecule has 1 N–H and O–H groups in total. The Morgan fingerprint density at radius 2 is 1.57 bits per heavy atom. The smallest absolute Gasteiger partial charge is 0.0716 e. The molecule has 0 atom stereocenters. The highest BCUT2D eigenvalue weighted by Gasteiger charge is 2.50. The maximum atomic E-state index is 5.34. The minimum absolute atomic E-state index is 0.453. The summed E-state index contributed by atoms with van der Waals surface area (Å²) in [7, 11) is 1.78. The molecule has 0 heterocycles. The topological polar surface area (TPSA) is 21.3 Å². The molecule has 4 fully saturated rings. The molecule has 0 spiro atoms. The molecule has 0 radical (unpaired) electrons. The lowest BCUT2D eigenvalue weighted by molar-refractivity contribution is -0.0206. The summed E-state index contributed by atoms with van der Waals surface area (Å²) in [4.78, 5) is 0. The fraction of sp³-hybridized carbons (Fsp3) is 0.684. The van der Waals surface area contributed by atoms with Crippen molar-refractivity contribution < 1.29 is 4.74 Å². The lowest BCUT2D eigenvalue weighted by Gasteiger charge is -2.57. The first-order valence-electron chi connectivity index (χ1n) is 8.57. The third kappa shape index (κ3) is 2.64. The van der Waals surface area contributed by atoms with Gasteiger partial charge in [0.2, 0.25) is 0 Å². The molecule has 114 valence electrons. The van der Waals surface area contributed by atoms with Gasteiger partial charge in [0, 0.05) is 19.2 Å². The molecule has 0 aliphatic heterocycles. The summed E-state index contributed by atoms with van der Waals surface area (Å²) in [6.07, 6.45) is 8.81. The van der Waals surface area contributed by atoms with Crippen LogP contribution < -0.4 is 5.32 Å². The van der Waals surface area contributed by atoms with Gasteiger partial charge in [0.05, 0.1) is 6.61 Å². The molecule has 21 heavy (non-hydrogen) atoms. The van der Waals surface area contributed by atoms with Crippen LogP contribution in [0.5, 0.6) is 0 Å². The zero-order valence-corrected chi connectivity index (χ0v) is 13.1. The van der Waals surface area contributed by atoms with Gasteiger partial charge >= 0.3 is 0 Å². The first-order valence-corrected chi connectivity index (χ1v) is 8.57. The number of hydrogen-bond donors (Lipinski definition) is 1. The normalized spacial score (nSPS) is 37.1. The quantitative estimate of drug-likeness (QED) is 0.886. The fourth-order valence-electron chi connectivity index (χ4n) is 5.64. The average molecular weight is 285 g/mol. The van der Waals surface area contributed by atoms with E-state index in [1.165, 1.54) is 49.7 Å². The molecular weight excluding hydrogens is 258 g/mol. The molecule has 2 nitrogen and oxygen atoms in total. The molecule has 4 saturated carbocycles. The molecule has 4 aliphatic carbocycles. The largest absolute Gasteiger partial charge is 0.380 e. The molecule has 2 heteroatoms. The van der Waals surface area contributed by atoms with Gasteiger partial charge in [0.1, 0.15) is 0 Å². The first kappa shape index (κ1) is 13.8. The summed E-state index contributed by atoms with van der Waals surface area (Å²) in [5.41, 5.74) is 3.20. The number of hydrogen-bond acceptors (Lipinski definition) is 2. The van der Waals surface area contributed by atoms with E-state index in [1.54, 1.807) is 7.11 Å². The lowest BCUT2D eigenvalue weighted by atomic mass is 9.53. The Labute approximate surface area is 128 Å². The van der Waals surface area contributed by atoms with Crippen LogP contribution in [-0.4, -0.2) is 12.6 Å². The van der Waals surface area contributed by atoms with E-state index in [1.807, 2.05) is 0 Å². The Kier molecular flexibility index (Phi) is 3.55. The molecule has 4 bridgehead atoms. The first-order chi connectivity index (χ1) is 10.3. The van der Waals surface area contributed by atoms with Gasteiger partial charge in [-0.25, -0.2) is 0 Å². The van der Waals surface area contributed by atoms with Gasteiger partial charge in [-0.05, 0) is 67.4 Å². The number of rotatable bonds is 5. The number of nitrogens with one attached hydrogen (secondary N) is 1. The van der Waals surface area contributed by atoms with E-state index in [2.05, 4.69) is 29.6 Å². The van der Waals surface area contributed by atoms with E-state index in [4.69, 9.17) is 4.74 Å². The second-order valence-electron chi connectivity index (χ2n) is 7.75. The zero-order valence-electron chi connectivity index (χ0n) is 13.1. The van der Waals surface area contributed by atoms with Crippen LogP contribution in [-0.2, 0) is 17.9 Å². The van der Waals surface area contributed by atoms with Crippen LogP contribution >= 0.6 is 0 Å². The van der Waals surface area contributed by atoms with E-state index in [-0.39, 0.29) is 0 Å². The number of methoxy groups -OCH3 is 1. The highest BCUT2D eigenvalue weighted by molar-refractivity contribution is 5.26. The van der Waals surface area contributed by atoms with Gasteiger partial charge in [-0.15, -0.1) is 0 Å². The predicted octanol–water partition coefficient (Wildman–Crippen LogP) is 3.89. The van der Waals surface area contributed by atoms with Crippen molar-refractivity contribution in [3.63, 3.8) is 0 Å². The summed E-state index contributed by atoms with van der Waals surface area (Å²) >= 11 is 0. The Hall–Kier alpha value is -0.860. The molecule has 1 aromatic rings. The van der Waals surface area contributed by atoms with Crippen LogP contribution in [0, 0.1) is 17.8 Å².